The summed E-state index contributed by atoms with van der Waals surface area (Å²) in [5.74, 6) is 1.08. The second-order valence-corrected chi connectivity index (χ2v) is 6.58. The van der Waals surface area contributed by atoms with E-state index in [-0.39, 0.29) is 6.10 Å². The number of aliphatic hydroxyl groups excluding tert-OH is 1. The number of hydrogen-bond acceptors (Lipinski definition) is 5. The summed E-state index contributed by atoms with van der Waals surface area (Å²) in [6, 6.07) is 10.0. The lowest BCUT2D eigenvalue weighted by Gasteiger charge is -2.18. The molecule has 1 aromatic heterocycles. The van der Waals surface area contributed by atoms with Crippen molar-refractivity contribution in [2.45, 2.75) is 32.6 Å². The molecule has 0 amide bonds. The summed E-state index contributed by atoms with van der Waals surface area (Å²) < 4.78 is 7.65. The minimum Gasteiger partial charge on any atom is -0.389 e. The minimum absolute atomic E-state index is 0.0308. The van der Waals surface area contributed by atoms with Gasteiger partial charge in [-0.3, -0.25) is 4.68 Å². The summed E-state index contributed by atoms with van der Waals surface area (Å²) in [6.45, 7) is 5.44. The molecule has 0 saturated carbocycles. The van der Waals surface area contributed by atoms with Gasteiger partial charge in [0, 0.05) is 39.8 Å². The van der Waals surface area contributed by atoms with Gasteiger partial charge in [-0.1, -0.05) is 30.3 Å². The first-order valence-corrected chi connectivity index (χ1v) is 8.65. The second kappa shape index (κ2) is 8.99. The molecule has 0 unspecified atom stereocenters. The van der Waals surface area contributed by atoms with E-state index in [4.69, 9.17) is 4.74 Å². The number of aryl methyl sites for hydroxylation is 2. The van der Waals surface area contributed by atoms with Crippen LogP contribution < -0.4 is 10.2 Å². The first kappa shape index (κ1) is 19.4. The van der Waals surface area contributed by atoms with Gasteiger partial charge in [-0.15, -0.1) is 0 Å². The predicted molar refractivity (Wildman–Crippen MR) is 101 cm³/mol. The molecule has 138 valence electrons. The number of hydrogen-bond donors (Lipinski definition) is 2. The topological polar surface area (TPSA) is 62.6 Å². The highest BCUT2D eigenvalue weighted by atomic mass is 16.5. The molecule has 25 heavy (non-hydrogen) atoms. The van der Waals surface area contributed by atoms with E-state index in [1.54, 1.807) is 0 Å². The second-order valence-electron chi connectivity index (χ2n) is 6.58. The van der Waals surface area contributed by atoms with Gasteiger partial charge in [0.15, 0.2) is 0 Å². The van der Waals surface area contributed by atoms with E-state index < -0.39 is 6.10 Å². The standard InChI is InChI=1S/C19H30N4O2/c1-14-18(19(22(3)4)23(5)21-14)12-20-11-17(24)13-25-15(2)16-9-7-6-8-10-16/h6-10,15,17,20,24H,11-13H2,1-5H3/t15-,17-/m1/s1. The van der Waals surface area contributed by atoms with Crippen molar-refractivity contribution < 1.29 is 9.84 Å². The van der Waals surface area contributed by atoms with Crippen LogP contribution in [0, 0.1) is 6.92 Å². The number of benzene rings is 1. The van der Waals surface area contributed by atoms with Crippen molar-refractivity contribution >= 4 is 5.82 Å². The maximum Gasteiger partial charge on any atom is 0.130 e. The normalized spacial score (nSPS) is 13.7. The molecule has 0 spiro atoms. The fourth-order valence-corrected chi connectivity index (χ4v) is 2.95. The maximum absolute atomic E-state index is 10.2. The third-order valence-electron chi connectivity index (χ3n) is 4.23. The first-order chi connectivity index (χ1) is 11.9. The van der Waals surface area contributed by atoms with Gasteiger partial charge >= 0.3 is 0 Å². The van der Waals surface area contributed by atoms with Crippen LogP contribution in [0.2, 0.25) is 0 Å². The Kier molecular flexibility index (Phi) is 6.99. The molecule has 0 fully saturated rings. The molecule has 2 aromatic rings. The van der Waals surface area contributed by atoms with Crippen LogP contribution in [0.25, 0.3) is 0 Å². The van der Waals surface area contributed by atoms with Crippen molar-refractivity contribution in [3.63, 3.8) is 0 Å². The Morgan fingerprint density at radius 2 is 1.96 bits per heavy atom. The highest BCUT2D eigenvalue weighted by Gasteiger charge is 2.15. The molecule has 0 bridgehead atoms. The third-order valence-corrected chi connectivity index (χ3v) is 4.23. The smallest absolute Gasteiger partial charge is 0.130 e. The summed E-state index contributed by atoms with van der Waals surface area (Å²) in [5.41, 5.74) is 3.27. The number of aromatic nitrogens is 2. The van der Waals surface area contributed by atoms with Crippen molar-refractivity contribution in [1.82, 2.24) is 15.1 Å². The number of aliphatic hydroxyl groups is 1. The van der Waals surface area contributed by atoms with Crippen molar-refractivity contribution in [2.75, 3.05) is 32.1 Å². The average Bonchev–Trinajstić information content (AvgIpc) is 2.87. The number of rotatable bonds is 9. The summed E-state index contributed by atoms with van der Waals surface area (Å²) in [6.07, 6.45) is -0.581. The van der Waals surface area contributed by atoms with Gasteiger partial charge < -0.3 is 20.1 Å². The molecule has 2 N–H and O–H groups in total. The van der Waals surface area contributed by atoms with Gasteiger partial charge in [-0.05, 0) is 19.4 Å². The molecule has 0 radical (unpaired) electrons. The number of ether oxygens (including phenoxy) is 1. The maximum atomic E-state index is 10.2. The molecular formula is C19H30N4O2. The van der Waals surface area contributed by atoms with Crippen LogP contribution in [0.4, 0.5) is 5.82 Å². The zero-order valence-electron chi connectivity index (χ0n) is 15.9. The van der Waals surface area contributed by atoms with E-state index in [0.29, 0.717) is 19.7 Å². The van der Waals surface area contributed by atoms with Gasteiger partial charge in [-0.25, -0.2) is 0 Å². The van der Waals surface area contributed by atoms with Crippen LogP contribution in [0.15, 0.2) is 30.3 Å². The fourth-order valence-electron chi connectivity index (χ4n) is 2.95. The van der Waals surface area contributed by atoms with E-state index in [2.05, 4.69) is 15.3 Å². The van der Waals surface area contributed by atoms with Gasteiger partial charge in [0.25, 0.3) is 0 Å². The van der Waals surface area contributed by atoms with Crippen molar-refractivity contribution in [1.29, 1.82) is 0 Å². The molecule has 1 aromatic carbocycles. The summed E-state index contributed by atoms with van der Waals surface area (Å²) in [7, 11) is 5.96. The SMILES string of the molecule is Cc1nn(C)c(N(C)C)c1CNC[C@@H](O)CO[C@H](C)c1ccccc1. The van der Waals surface area contributed by atoms with Crippen LogP contribution in [0.5, 0.6) is 0 Å². The van der Waals surface area contributed by atoms with E-state index in [0.717, 1.165) is 22.6 Å². The molecule has 2 atom stereocenters. The number of anilines is 1. The van der Waals surface area contributed by atoms with E-state index in [1.165, 1.54) is 0 Å². The molecule has 6 nitrogen and oxygen atoms in total. The van der Waals surface area contributed by atoms with Crippen molar-refractivity contribution in [3.05, 3.63) is 47.2 Å². The van der Waals surface area contributed by atoms with Crippen LogP contribution in [-0.4, -0.2) is 48.2 Å². The average molecular weight is 346 g/mol. The molecule has 1 heterocycles. The fraction of sp³-hybridized carbons (Fsp3) is 0.526. The van der Waals surface area contributed by atoms with Crippen LogP contribution >= 0.6 is 0 Å². The van der Waals surface area contributed by atoms with Gasteiger partial charge in [0.2, 0.25) is 0 Å². The van der Waals surface area contributed by atoms with Crippen molar-refractivity contribution in [2.24, 2.45) is 7.05 Å². The Labute approximate surface area is 150 Å². The summed E-state index contributed by atoms with van der Waals surface area (Å²) in [5, 5.41) is 17.9. The summed E-state index contributed by atoms with van der Waals surface area (Å²) in [4.78, 5) is 2.05. The molecular weight excluding hydrogens is 316 g/mol. The lowest BCUT2D eigenvalue weighted by atomic mass is 10.1. The number of nitrogens with one attached hydrogen (secondary N) is 1. The first-order valence-electron chi connectivity index (χ1n) is 8.65. The highest BCUT2D eigenvalue weighted by Crippen LogP contribution is 2.21. The Morgan fingerprint density at radius 1 is 1.28 bits per heavy atom. The molecule has 2 rings (SSSR count). The minimum atomic E-state index is -0.550. The molecule has 6 heteroatoms. The monoisotopic (exact) mass is 346 g/mol. The molecule has 0 aliphatic heterocycles. The van der Waals surface area contributed by atoms with E-state index in [1.807, 2.05) is 70.0 Å². The van der Waals surface area contributed by atoms with Gasteiger partial charge in [0.1, 0.15) is 5.82 Å². The highest BCUT2D eigenvalue weighted by molar-refractivity contribution is 5.48. The third kappa shape index (κ3) is 5.29. The molecule has 0 aliphatic rings. The number of nitrogens with zero attached hydrogens (tertiary/aromatic N) is 3. The van der Waals surface area contributed by atoms with Crippen LogP contribution in [-0.2, 0) is 18.3 Å². The summed E-state index contributed by atoms with van der Waals surface area (Å²) >= 11 is 0. The van der Waals surface area contributed by atoms with Gasteiger partial charge in [0.05, 0.1) is 24.5 Å². The quantitative estimate of drug-likeness (QED) is 0.727. The Morgan fingerprint density at radius 3 is 2.60 bits per heavy atom. The van der Waals surface area contributed by atoms with E-state index in [9.17, 15) is 5.11 Å². The largest absolute Gasteiger partial charge is 0.389 e. The van der Waals surface area contributed by atoms with Crippen LogP contribution in [0.1, 0.15) is 29.8 Å². The van der Waals surface area contributed by atoms with Crippen molar-refractivity contribution in [3.8, 4) is 0 Å². The predicted octanol–water partition coefficient (Wildman–Crippen LogP) is 2.02. The molecule has 0 saturated heterocycles. The lowest BCUT2D eigenvalue weighted by Crippen LogP contribution is -2.31. The Balaban J connectivity index is 1.78. The Hall–Kier alpha value is -1.89. The zero-order valence-corrected chi connectivity index (χ0v) is 15.9. The van der Waals surface area contributed by atoms with Crippen LogP contribution in [0.3, 0.4) is 0 Å². The lowest BCUT2D eigenvalue weighted by molar-refractivity contribution is -0.00212. The zero-order chi connectivity index (χ0) is 18.4. The van der Waals surface area contributed by atoms with E-state index >= 15 is 0 Å². The molecule has 0 aliphatic carbocycles. The van der Waals surface area contributed by atoms with Gasteiger partial charge in [-0.2, -0.15) is 5.10 Å². The Bertz CT molecular complexity index is 655.